The third-order valence-electron chi connectivity index (χ3n) is 2.13. The number of carbonyl (C=O) groups excluding carboxylic acids is 2. The molecule has 1 N–H and O–H groups in total. The molecule has 0 aliphatic carbocycles. The summed E-state index contributed by atoms with van der Waals surface area (Å²) in [5.74, 6) is -0.377. The zero-order chi connectivity index (χ0) is 13.4. The fraction of sp³-hybridized carbons (Fsp3) is 0.385. The molecule has 0 fully saturated rings. The first-order valence-corrected chi connectivity index (χ1v) is 5.84. The van der Waals surface area contributed by atoms with Crippen molar-refractivity contribution >= 4 is 12.1 Å². The quantitative estimate of drug-likeness (QED) is 0.814. The minimum absolute atomic E-state index is 0.124. The predicted octanol–water partition coefficient (Wildman–Crippen LogP) is 2.11. The molecule has 1 aromatic carbocycles. The Morgan fingerprint density at radius 1 is 1.22 bits per heavy atom. The summed E-state index contributed by atoms with van der Waals surface area (Å²) in [6.45, 7) is 4.53. The molecule has 0 unspecified atom stereocenters. The lowest BCUT2D eigenvalue weighted by Gasteiger charge is -2.07. The molecule has 0 saturated carbocycles. The molecule has 0 radical (unpaired) electrons. The molecule has 98 valence electrons. The van der Waals surface area contributed by atoms with Crippen LogP contribution in [0.25, 0.3) is 0 Å². The lowest BCUT2D eigenvalue weighted by Crippen LogP contribution is -2.23. The maximum Gasteiger partial charge on any atom is 0.407 e. The molecule has 0 aliphatic rings. The second-order valence-corrected chi connectivity index (χ2v) is 3.53. The van der Waals surface area contributed by atoms with Gasteiger partial charge in [-0.15, -0.1) is 0 Å². The molecule has 1 rings (SSSR count). The summed E-state index contributed by atoms with van der Waals surface area (Å²) in [5.41, 5.74) is 1.20. The van der Waals surface area contributed by atoms with E-state index in [-0.39, 0.29) is 12.6 Å². The molecule has 0 spiro atoms. The standard InChI is InChI=1S/C13H17NO4/c1-3-14-13(16)18-9-10-6-5-7-11(8-10)12(15)17-4-2/h5-8H,3-4,9H2,1-2H3,(H,14,16). The van der Waals surface area contributed by atoms with Crippen molar-refractivity contribution < 1.29 is 19.1 Å². The van der Waals surface area contributed by atoms with Crippen LogP contribution >= 0.6 is 0 Å². The average molecular weight is 251 g/mol. The lowest BCUT2D eigenvalue weighted by atomic mass is 10.1. The van der Waals surface area contributed by atoms with Gasteiger partial charge in [-0.2, -0.15) is 0 Å². The van der Waals surface area contributed by atoms with Crippen molar-refractivity contribution in [2.75, 3.05) is 13.2 Å². The number of ether oxygens (including phenoxy) is 2. The van der Waals surface area contributed by atoms with Gasteiger partial charge in [0.1, 0.15) is 6.61 Å². The molecule has 0 aromatic heterocycles. The number of amides is 1. The molecule has 5 heteroatoms. The van der Waals surface area contributed by atoms with Crippen molar-refractivity contribution in [2.45, 2.75) is 20.5 Å². The summed E-state index contributed by atoms with van der Waals surface area (Å²) in [4.78, 5) is 22.6. The van der Waals surface area contributed by atoms with Crippen LogP contribution in [0.5, 0.6) is 0 Å². The Kier molecular flexibility index (Phi) is 5.70. The summed E-state index contributed by atoms with van der Waals surface area (Å²) < 4.78 is 9.85. The van der Waals surface area contributed by atoms with Crippen LogP contribution in [0.15, 0.2) is 24.3 Å². The highest BCUT2D eigenvalue weighted by molar-refractivity contribution is 5.89. The average Bonchev–Trinajstić information content (AvgIpc) is 2.37. The molecule has 0 heterocycles. The van der Waals surface area contributed by atoms with Crippen molar-refractivity contribution in [1.82, 2.24) is 5.32 Å². The maximum absolute atomic E-state index is 11.5. The SMILES string of the molecule is CCNC(=O)OCc1cccc(C(=O)OCC)c1. The van der Waals surface area contributed by atoms with Gasteiger partial charge in [0.15, 0.2) is 0 Å². The van der Waals surface area contributed by atoms with Crippen LogP contribution in [-0.4, -0.2) is 25.2 Å². The van der Waals surface area contributed by atoms with Crippen LogP contribution in [0.1, 0.15) is 29.8 Å². The number of carbonyl (C=O) groups is 2. The van der Waals surface area contributed by atoms with Gasteiger partial charge in [-0.1, -0.05) is 12.1 Å². The maximum atomic E-state index is 11.5. The fourth-order valence-corrected chi connectivity index (χ4v) is 1.35. The summed E-state index contributed by atoms with van der Waals surface area (Å²) in [5, 5.41) is 2.52. The van der Waals surface area contributed by atoms with Crippen molar-refractivity contribution in [3.05, 3.63) is 35.4 Å². The van der Waals surface area contributed by atoms with Crippen LogP contribution in [0.4, 0.5) is 4.79 Å². The molecular formula is C13H17NO4. The molecule has 0 aliphatic heterocycles. The van der Waals surface area contributed by atoms with E-state index in [0.29, 0.717) is 18.7 Å². The first-order valence-electron chi connectivity index (χ1n) is 5.84. The number of esters is 1. The minimum atomic E-state index is -0.473. The van der Waals surface area contributed by atoms with E-state index in [9.17, 15) is 9.59 Å². The predicted molar refractivity (Wildman–Crippen MR) is 66.3 cm³/mol. The highest BCUT2D eigenvalue weighted by atomic mass is 16.5. The Bertz CT molecular complexity index is 417. The highest BCUT2D eigenvalue weighted by Gasteiger charge is 2.07. The molecule has 18 heavy (non-hydrogen) atoms. The zero-order valence-corrected chi connectivity index (χ0v) is 10.6. The summed E-state index contributed by atoms with van der Waals surface area (Å²) in [7, 11) is 0. The molecule has 0 bridgehead atoms. The number of hydrogen-bond donors (Lipinski definition) is 1. The van der Waals surface area contributed by atoms with E-state index in [4.69, 9.17) is 9.47 Å². The van der Waals surface area contributed by atoms with E-state index in [1.54, 1.807) is 31.2 Å². The Morgan fingerprint density at radius 3 is 2.67 bits per heavy atom. The van der Waals surface area contributed by atoms with Crippen molar-refractivity contribution in [3.8, 4) is 0 Å². The van der Waals surface area contributed by atoms with Gasteiger partial charge in [0, 0.05) is 6.54 Å². The van der Waals surface area contributed by atoms with Gasteiger partial charge in [-0.25, -0.2) is 9.59 Å². The second kappa shape index (κ2) is 7.32. The fourth-order valence-electron chi connectivity index (χ4n) is 1.35. The van der Waals surface area contributed by atoms with Crippen LogP contribution in [0.2, 0.25) is 0 Å². The first-order chi connectivity index (χ1) is 8.67. The third-order valence-corrected chi connectivity index (χ3v) is 2.13. The monoisotopic (exact) mass is 251 g/mol. The van der Waals surface area contributed by atoms with Gasteiger partial charge in [-0.05, 0) is 31.5 Å². The van der Waals surface area contributed by atoms with E-state index in [1.165, 1.54) is 0 Å². The third kappa shape index (κ3) is 4.45. The zero-order valence-electron chi connectivity index (χ0n) is 10.6. The highest BCUT2D eigenvalue weighted by Crippen LogP contribution is 2.08. The van der Waals surface area contributed by atoms with Gasteiger partial charge in [0.25, 0.3) is 0 Å². The molecule has 0 saturated heterocycles. The number of benzene rings is 1. The van der Waals surface area contributed by atoms with Gasteiger partial charge in [-0.3, -0.25) is 0 Å². The molecule has 1 amide bonds. The smallest absolute Gasteiger partial charge is 0.407 e. The van der Waals surface area contributed by atoms with Crippen LogP contribution < -0.4 is 5.32 Å². The topological polar surface area (TPSA) is 64.6 Å². The van der Waals surface area contributed by atoms with E-state index in [2.05, 4.69) is 5.32 Å². The van der Waals surface area contributed by atoms with Crippen LogP contribution in [-0.2, 0) is 16.1 Å². The largest absolute Gasteiger partial charge is 0.462 e. The Morgan fingerprint density at radius 2 is 2.00 bits per heavy atom. The van der Waals surface area contributed by atoms with E-state index in [1.807, 2.05) is 6.92 Å². The second-order valence-electron chi connectivity index (χ2n) is 3.53. The Hall–Kier alpha value is -2.04. The van der Waals surface area contributed by atoms with Crippen LogP contribution in [0.3, 0.4) is 0 Å². The van der Waals surface area contributed by atoms with Crippen molar-refractivity contribution in [2.24, 2.45) is 0 Å². The molecule has 1 aromatic rings. The number of alkyl carbamates (subject to hydrolysis) is 1. The van der Waals surface area contributed by atoms with E-state index >= 15 is 0 Å². The van der Waals surface area contributed by atoms with Gasteiger partial charge in [0.05, 0.1) is 12.2 Å². The van der Waals surface area contributed by atoms with Gasteiger partial charge < -0.3 is 14.8 Å². The molecule has 5 nitrogen and oxygen atoms in total. The first kappa shape index (κ1) is 14.0. The summed E-state index contributed by atoms with van der Waals surface area (Å²) >= 11 is 0. The molecule has 0 atom stereocenters. The van der Waals surface area contributed by atoms with Gasteiger partial charge >= 0.3 is 12.1 Å². The summed E-state index contributed by atoms with van der Waals surface area (Å²) in [6.07, 6.45) is -0.473. The van der Waals surface area contributed by atoms with Crippen LogP contribution in [0, 0.1) is 0 Å². The van der Waals surface area contributed by atoms with Gasteiger partial charge in [0.2, 0.25) is 0 Å². The molecular weight excluding hydrogens is 234 g/mol. The van der Waals surface area contributed by atoms with E-state index < -0.39 is 6.09 Å². The normalized spacial score (nSPS) is 9.67. The number of hydrogen-bond acceptors (Lipinski definition) is 4. The Balaban J connectivity index is 2.59. The van der Waals surface area contributed by atoms with Crippen molar-refractivity contribution in [3.63, 3.8) is 0 Å². The minimum Gasteiger partial charge on any atom is -0.462 e. The summed E-state index contributed by atoms with van der Waals surface area (Å²) in [6, 6.07) is 6.81. The number of nitrogens with one attached hydrogen (secondary N) is 1. The lowest BCUT2D eigenvalue weighted by molar-refractivity contribution is 0.0526. The Labute approximate surface area is 106 Å². The number of rotatable bonds is 5. The van der Waals surface area contributed by atoms with E-state index in [0.717, 1.165) is 5.56 Å². The van der Waals surface area contributed by atoms with Crippen molar-refractivity contribution in [1.29, 1.82) is 0 Å².